The van der Waals surface area contributed by atoms with Crippen molar-refractivity contribution in [3.8, 4) is 11.4 Å². The molecule has 0 saturated heterocycles. The van der Waals surface area contributed by atoms with Gasteiger partial charge in [-0.1, -0.05) is 42.5 Å². The van der Waals surface area contributed by atoms with E-state index in [1.54, 1.807) is 37.4 Å². The Morgan fingerprint density at radius 2 is 1.69 bits per heavy atom. The Morgan fingerprint density at radius 1 is 0.944 bits per heavy atom. The van der Waals surface area contributed by atoms with Gasteiger partial charge in [0.1, 0.15) is 5.75 Å². The molecule has 8 heteroatoms. The molecule has 2 heterocycles. The van der Waals surface area contributed by atoms with Crippen LogP contribution in [0.2, 0.25) is 0 Å². The summed E-state index contributed by atoms with van der Waals surface area (Å²) in [4.78, 5) is 44.7. The quantitative estimate of drug-likeness (QED) is 0.332. The van der Waals surface area contributed by atoms with Crippen LogP contribution in [0.15, 0.2) is 94.8 Å². The van der Waals surface area contributed by atoms with E-state index in [9.17, 15) is 14.4 Å². The number of ether oxygens (including phenoxy) is 1. The molecule has 8 nitrogen and oxygen atoms in total. The maximum Gasteiger partial charge on any atom is 0.337 e. The molecular formula is C28H24N4O4. The lowest BCUT2D eigenvalue weighted by Gasteiger charge is -2.13. The van der Waals surface area contributed by atoms with E-state index in [0.29, 0.717) is 17.0 Å². The van der Waals surface area contributed by atoms with Crippen LogP contribution in [0, 0.1) is 6.92 Å². The van der Waals surface area contributed by atoms with Gasteiger partial charge in [0.15, 0.2) is 16.9 Å². The number of methoxy groups -OCH3 is 1. The zero-order valence-electron chi connectivity index (χ0n) is 19.9. The van der Waals surface area contributed by atoms with Gasteiger partial charge in [-0.25, -0.2) is 14.3 Å². The van der Waals surface area contributed by atoms with Gasteiger partial charge in [0.2, 0.25) is 0 Å². The number of carbonyl (C=O) groups is 1. The summed E-state index contributed by atoms with van der Waals surface area (Å²) in [5.41, 5.74) is 2.26. The monoisotopic (exact) mass is 480 g/mol. The molecule has 0 atom stereocenters. The Labute approximate surface area is 206 Å². The topological polar surface area (TPSA) is 88.1 Å². The molecule has 0 unspecified atom stereocenters. The fourth-order valence-electron chi connectivity index (χ4n) is 4.23. The van der Waals surface area contributed by atoms with Crippen LogP contribution in [0.25, 0.3) is 16.9 Å². The van der Waals surface area contributed by atoms with Crippen LogP contribution < -0.4 is 16.0 Å². The third kappa shape index (κ3) is 4.24. The average Bonchev–Trinajstić information content (AvgIpc) is 3.30. The van der Waals surface area contributed by atoms with E-state index >= 15 is 0 Å². The second-order valence-corrected chi connectivity index (χ2v) is 8.53. The number of ketones is 1. The van der Waals surface area contributed by atoms with E-state index in [0.717, 1.165) is 11.1 Å². The number of Topliss-reactive ketones (excluding diaryl/α,β-unsaturated/α-hetero) is 1. The second-order valence-electron chi connectivity index (χ2n) is 8.53. The minimum absolute atomic E-state index is 0.0951. The van der Waals surface area contributed by atoms with Crippen molar-refractivity contribution in [3.05, 3.63) is 123 Å². The van der Waals surface area contributed by atoms with E-state index in [2.05, 4.69) is 4.98 Å². The Morgan fingerprint density at radius 3 is 2.39 bits per heavy atom. The number of fused-ring (bicyclic) bond motifs is 1. The number of rotatable bonds is 7. The molecule has 0 amide bonds. The molecule has 3 aromatic carbocycles. The molecule has 36 heavy (non-hydrogen) atoms. The minimum atomic E-state index is -0.497. The van der Waals surface area contributed by atoms with Crippen LogP contribution >= 0.6 is 0 Å². The predicted octanol–water partition coefficient (Wildman–Crippen LogP) is 3.60. The Hall–Kier alpha value is -4.72. The summed E-state index contributed by atoms with van der Waals surface area (Å²) in [7, 11) is 1.56. The number of hydrogen-bond acceptors (Lipinski definition) is 5. The standard InChI is InChI=1S/C28H24N4O4/c1-19-7-6-10-22(15-19)32-26-25(27(34)31(28(32)35)16-20-8-4-3-5-9-20)30(18-29-26)17-24(33)21-11-13-23(36-2)14-12-21/h3-15,18H,16-17H2,1-2H3. The van der Waals surface area contributed by atoms with Crippen molar-refractivity contribution in [1.29, 1.82) is 0 Å². The molecule has 0 N–H and O–H groups in total. The number of benzene rings is 3. The van der Waals surface area contributed by atoms with Crippen molar-refractivity contribution in [2.45, 2.75) is 20.0 Å². The van der Waals surface area contributed by atoms with Crippen molar-refractivity contribution in [2.24, 2.45) is 0 Å². The first-order valence-electron chi connectivity index (χ1n) is 11.4. The highest BCUT2D eigenvalue weighted by molar-refractivity contribution is 5.96. The number of imidazole rings is 1. The zero-order chi connectivity index (χ0) is 25.2. The van der Waals surface area contributed by atoms with Gasteiger partial charge < -0.3 is 9.30 Å². The highest BCUT2D eigenvalue weighted by Crippen LogP contribution is 2.17. The van der Waals surface area contributed by atoms with Gasteiger partial charge in [-0.05, 0) is 54.4 Å². The lowest BCUT2D eigenvalue weighted by molar-refractivity contribution is 0.0973. The maximum atomic E-state index is 13.6. The summed E-state index contributed by atoms with van der Waals surface area (Å²) in [5.74, 6) is 0.449. The fourth-order valence-corrected chi connectivity index (χ4v) is 4.23. The summed E-state index contributed by atoms with van der Waals surface area (Å²) in [6.07, 6.45) is 1.44. The van der Waals surface area contributed by atoms with Gasteiger partial charge >= 0.3 is 5.69 Å². The predicted molar refractivity (Wildman–Crippen MR) is 137 cm³/mol. The van der Waals surface area contributed by atoms with Crippen molar-refractivity contribution in [3.63, 3.8) is 0 Å². The van der Waals surface area contributed by atoms with Crippen LogP contribution in [0.3, 0.4) is 0 Å². The fraction of sp³-hybridized carbons (Fsp3) is 0.143. The van der Waals surface area contributed by atoms with Gasteiger partial charge in [0, 0.05) is 5.56 Å². The van der Waals surface area contributed by atoms with Crippen molar-refractivity contribution in [2.75, 3.05) is 7.11 Å². The van der Waals surface area contributed by atoms with Crippen molar-refractivity contribution >= 4 is 16.9 Å². The van der Waals surface area contributed by atoms with Crippen molar-refractivity contribution in [1.82, 2.24) is 18.7 Å². The third-order valence-electron chi connectivity index (χ3n) is 6.07. The molecule has 180 valence electrons. The lowest BCUT2D eigenvalue weighted by atomic mass is 10.1. The summed E-state index contributed by atoms with van der Waals surface area (Å²) in [6, 6.07) is 23.5. The van der Waals surface area contributed by atoms with Gasteiger partial charge in [-0.2, -0.15) is 0 Å². The molecule has 0 aliphatic rings. The van der Waals surface area contributed by atoms with Gasteiger partial charge in [-0.15, -0.1) is 0 Å². The van der Waals surface area contributed by atoms with Gasteiger partial charge in [0.25, 0.3) is 5.56 Å². The Kier molecular flexibility index (Phi) is 6.08. The SMILES string of the molecule is COc1ccc(C(=O)Cn2cnc3c2c(=O)n(Cc2ccccc2)c(=O)n3-c2cccc(C)c2)cc1. The largest absolute Gasteiger partial charge is 0.497 e. The molecule has 2 aromatic heterocycles. The molecular weight excluding hydrogens is 456 g/mol. The summed E-state index contributed by atoms with van der Waals surface area (Å²) in [5, 5.41) is 0. The lowest BCUT2D eigenvalue weighted by Crippen LogP contribution is -2.40. The summed E-state index contributed by atoms with van der Waals surface area (Å²) < 4.78 is 9.30. The van der Waals surface area contributed by atoms with Crippen LogP contribution in [-0.4, -0.2) is 31.6 Å². The number of carbonyl (C=O) groups excluding carboxylic acids is 1. The average molecular weight is 481 g/mol. The molecule has 0 aliphatic carbocycles. The maximum absolute atomic E-state index is 13.6. The van der Waals surface area contributed by atoms with E-state index in [4.69, 9.17) is 4.74 Å². The van der Waals surface area contributed by atoms with Crippen molar-refractivity contribution < 1.29 is 9.53 Å². The van der Waals surface area contributed by atoms with E-state index in [1.165, 1.54) is 20.0 Å². The van der Waals surface area contributed by atoms with Gasteiger partial charge in [-0.3, -0.25) is 14.2 Å². The molecule has 0 bridgehead atoms. The van der Waals surface area contributed by atoms with Crippen LogP contribution in [-0.2, 0) is 13.1 Å². The van der Waals surface area contributed by atoms with Gasteiger partial charge in [0.05, 0.1) is 32.2 Å². The molecule has 5 rings (SSSR count). The normalized spacial score (nSPS) is 11.1. The highest BCUT2D eigenvalue weighted by Gasteiger charge is 2.21. The molecule has 5 aromatic rings. The Balaban J connectivity index is 1.68. The first-order valence-corrected chi connectivity index (χ1v) is 11.4. The molecule has 0 fully saturated rings. The van der Waals surface area contributed by atoms with Crippen LogP contribution in [0.1, 0.15) is 21.5 Å². The number of hydrogen-bond donors (Lipinski definition) is 0. The minimum Gasteiger partial charge on any atom is -0.497 e. The smallest absolute Gasteiger partial charge is 0.337 e. The molecule has 0 spiro atoms. The van der Waals surface area contributed by atoms with Crippen LogP contribution in [0.5, 0.6) is 5.75 Å². The Bertz CT molecular complexity index is 1680. The van der Waals surface area contributed by atoms with E-state index < -0.39 is 11.2 Å². The third-order valence-corrected chi connectivity index (χ3v) is 6.07. The number of aryl methyl sites for hydroxylation is 1. The molecule has 0 aliphatic heterocycles. The first kappa shape index (κ1) is 23.0. The zero-order valence-corrected chi connectivity index (χ0v) is 19.9. The first-order chi connectivity index (χ1) is 17.5. The highest BCUT2D eigenvalue weighted by atomic mass is 16.5. The summed E-state index contributed by atoms with van der Waals surface area (Å²) in [6.45, 7) is 1.92. The second kappa shape index (κ2) is 9.50. The van der Waals surface area contributed by atoms with E-state index in [-0.39, 0.29) is 30.0 Å². The van der Waals surface area contributed by atoms with E-state index in [1.807, 2.05) is 55.5 Å². The molecule has 0 saturated carbocycles. The number of nitrogens with zero attached hydrogens (tertiary/aromatic N) is 4. The number of aromatic nitrogens is 4. The van der Waals surface area contributed by atoms with Crippen LogP contribution in [0.4, 0.5) is 0 Å². The summed E-state index contributed by atoms with van der Waals surface area (Å²) >= 11 is 0. The molecule has 0 radical (unpaired) electrons.